The molecule has 0 aliphatic rings. The van der Waals surface area contributed by atoms with Gasteiger partial charge in [-0.25, -0.2) is 14.2 Å². The van der Waals surface area contributed by atoms with Gasteiger partial charge in [-0.1, -0.05) is 6.07 Å². The van der Waals surface area contributed by atoms with Crippen molar-refractivity contribution >= 4 is 28.9 Å². The van der Waals surface area contributed by atoms with E-state index in [1.807, 2.05) is 0 Å². The van der Waals surface area contributed by atoms with E-state index in [4.69, 9.17) is 0 Å². The van der Waals surface area contributed by atoms with Gasteiger partial charge in [0.25, 0.3) is 5.91 Å². The number of carboxylic acid groups (broad SMARTS) is 1. The highest BCUT2D eigenvalue weighted by molar-refractivity contribution is 6.05. The Morgan fingerprint density at radius 2 is 1.82 bits per heavy atom. The van der Waals surface area contributed by atoms with E-state index in [1.165, 1.54) is 24.4 Å². The maximum absolute atomic E-state index is 13.0. The minimum Gasteiger partial charge on any atom is -0.478 e. The van der Waals surface area contributed by atoms with E-state index in [2.05, 4.69) is 20.3 Å². The lowest BCUT2D eigenvalue weighted by molar-refractivity contribution is 0.0698. The molecule has 4 aromatic rings. The number of aromatic amines is 1. The van der Waals surface area contributed by atoms with E-state index < -0.39 is 11.9 Å². The van der Waals surface area contributed by atoms with Gasteiger partial charge < -0.3 is 10.1 Å². The molecule has 7 nitrogen and oxygen atoms in total. The van der Waals surface area contributed by atoms with Gasteiger partial charge in [-0.2, -0.15) is 0 Å². The van der Waals surface area contributed by atoms with Crippen molar-refractivity contribution in [3.8, 4) is 11.3 Å². The minimum atomic E-state index is -1.10. The van der Waals surface area contributed by atoms with Crippen molar-refractivity contribution in [3.63, 3.8) is 0 Å². The van der Waals surface area contributed by atoms with Gasteiger partial charge in [-0.15, -0.1) is 0 Å². The van der Waals surface area contributed by atoms with Crippen LogP contribution in [-0.4, -0.2) is 31.9 Å². The van der Waals surface area contributed by atoms with Crippen LogP contribution in [0.1, 0.15) is 20.7 Å². The van der Waals surface area contributed by atoms with Crippen LogP contribution in [0, 0.1) is 5.82 Å². The number of fused-ring (bicyclic) bond motifs is 1. The topological polar surface area (TPSA) is 108 Å². The zero-order valence-corrected chi connectivity index (χ0v) is 14.3. The van der Waals surface area contributed by atoms with Crippen LogP contribution in [-0.2, 0) is 0 Å². The molecule has 3 N–H and O–H groups in total. The van der Waals surface area contributed by atoms with E-state index in [0.717, 1.165) is 5.56 Å². The lowest BCUT2D eigenvalue weighted by Crippen LogP contribution is -2.13. The second-order valence-electron chi connectivity index (χ2n) is 5.99. The van der Waals surface area contributed by atoms with Crippen LogP contribution < -0.4 is 5.32 Å². The molecule has 0 spiro atoms. The third kappa shape index (κ3) is 3.30. The minimum absolute atomic E-state index is 0.0413. The highest BCUT2D eigenvalue weighted by Gasteiger charge is 2.14. The predicted octanol–water partition coefficient (Wildman–Crippen LogP) is 3.71. The van der Waals surface area contributed by atoms with Crippen LogP contribution in [0.3, 0.4) is 0 Å². The van der Waals surface area contributed by atoms with Crippen molar-refractivity contribution in [2.24, 2.45) is 0 Å². The summed E-state index contributed by atoms with van der Waals surface area (Å²) in [5.74, 6) is -1.75. The average Bonchev–Trinajstić information content (AvgIpc) is 3.10. The van der Waals surface area contributed by atoms with Crippen LogP contribution in [0.5, 0.6) is 0 Å². The molecule has 4 rings (SSSR count). The second kappa shape index (κ2) is 6.92. The fraction of sp³-hybridized carbons (Fsp3) is 0. The number of imidazole rings is 1. The Hall–Kier alpha value is -4.07. The third-order valence-electron chi connectivity index (χ3n) is 4.14. The number of hydrogen-bond donors (Lipinski definition) is 3. The van der Waals surface area contributed by atoms with Crippen LogP contribution in [0.4, 0.5) is 10.3 Å². The number of rotatable bonds is 4. The summed E-state index contributed by atoms with van der Waals surface area (Å²) in [5, 5.41) is 11.8. The van der Waals surface area contributed by atoms with Crippen molar-refractivity contribution < 1.29 is 19.1 Å². The highest BCUT2D eigenvalue weighted by atomic mass is 19.1. The molecule has 138 valence electrons. The number of amides is 1. The molecule has 0 saturated carbocycles. The number of carboxylic acids is 1. The maximum Gasteiger partial charge on any atom is 0.337 e. The van der Waals surface area contributed by atoms with Gasteiger partial charge >= 0.3 is 5.97 Å². The summed E-state index contributed by atoms with van der Waals surface area (Å²) in [6.45, 7) is 0. The number of anilines is 1. The van der Waals surface area contributed by atoms with E-state index in [9.17, 15) is 19.1 Å². The first-order valence-corrected chi connectivity index (χ1v) is 8.26. The summed E-state index contributed by atoms with van der Waals surface area (Å²) in [7, 11) is 0. The zero-order valence-electron chi connectivity index (χ0n) is 14.3. The second-order valence-corrected chi connectivity index (χ2v) is 5.99. The Balaban J connectivity index is 1.55. The number of nitrogens with one attached hydrogen (secondary N) is 2. The average molecular weight is 376 g/mol. The molecule has 0 unspecified atom stereocenters. The van der Waals surface area contributed by atoms with Crippen LogP contribution >= 0.6 is 0 Å². The first-order valence-electron chi connectivity index (χ1n) is 8.26. The monoisotopic (exact) mass is 376 g/mol. The molecule has 2 aromatic carbocycles. The molecule has 28 heavy (non-hydrogen) atoms. The molecular weight excluding hydrogens is 363 g/mol. The Morgan fingerprint density at radius 3 is 2.50 bits per heavy atom. The number of pyridine rings is 1. The quantitative estimate of drug-likeness (QED) is 0.503. The Kier molecular flexibility index (Phi) is 4.29. The number of H-pyrrole nitrogens is 1. The van der Waals surface area contributed by atoms with Gasteiger partial charge in [0.15, 0.2) is 0 Å². The van der Waals surface area contributed by atoms with Crippen LogP contribution in [0.25, 0.3) is 22.3 Å². The highest BCUT2D eigenvalue weighted by Crippen LogP contribution is 2.20. The summed E-state index contributed by atoms with van der Waals surface area (Å²) in [6.07, 6.45) is 1.40. The SMILES string of the molecule is O=C(Nc1nc2c(C(=O)O)cccc2[nH]1)c1ccc(-c2ccc(F)cc2)nc1. The number of aromatic carboxylic acids is 1. The van der Waals surface area contributed by atoms with Gasteiger partial charge in [-0.05, 0) is 48.5 Å². The van der Waals surface area contributed by atoms with Gasteiger partial charge in [0.1, 0.15) is 11.3 Å². The first-order chi connectivity index (χ1) is 13.5. The molecular formula is C20H13FN4O3. The van der Waals surface area contributed by atoms with Gasteiger partial charge in [0.2, 0.25) is 5.95 Å². The van der Waals surface area contributed by atoms with Gasteiger partial charge in [0.05, 0.1) is 22.3 Å². The molecule has 0 fully saturated rings. The van der Waals surface area contributed by atoms with Gasteiger partial charge in [-0.3, -0.25) is 15.1 Å². The Bertz CT molecular complexity index is 1180. The fourth-order valence-corrected chi connectivity index (χ4v) is 2.76. The zero-order chi connectivity index (χ0) is 19.7. The largest absolute Gasteiger partial charge is 0.478 e. The molecule has 0 saturated heterocycles. The van der Waals surface area contributed by atoms with Crippen molar-refractivity contribution in [2.75, 3.05) is 5.32 Å². The number of carbonyl (C=O) groups excluding carboxylic acids is 1. The Morgan fingerprint density at radius 1 is 1.04 bits per heavy atom. The number of para-hydroxylation sites is 1. The normalized spacial score (nSPS) is 10.8. The lowest BCUT2D eigenvalue weighted by atomic mass is 10.1. The number of carbonyl (C=O) groups is 2. The van der Waals surface area contributed by atoms with Crippen molar-refractivity contribution in [3.05, 3.63) is 77.7 Å². The molecule has 0 aliphatic heterocycles. The molecule has 2 heterocycles. The van der Waals surface area contributed by atoms with Crippen LogP contribution in [0.15, 0.2) is 60.8 Å². The maximum atomic E-state index is 13.0. The molecule has 1 amide bonds. The molecule has 8 heteroatoms. The summed E-state index contributed by atoms with van der Waals surface area (Å²) in [4.78, 5) is 34.9. The molecule has 2 aromatic heterocycles. The first kappa shape index (κ1) is 17.3. The summed E-state index contributed by atoms with van der Waals surface area (Å²) in [6, 6.07) is 13.8. The lowest BCUT2D eigenvalue weighted by Gasteiger charge is -2.04. The van der Waals surface area contributed by atoms with E-state index in [1.54, 1.807) is 36.4 Å². The number of benzene rings is 2. The standard InChI is InChI=1S/C20H13FN4O3/c21-13-7-4-11(5-8-13)15-9-6-12(10-22-15)18(26)25-20-23-16-3-1-2-14(19(27)28)17(16)24-20/h1-10H,(H,27,28)(H2,23,24,25,26). The number of halogens is 1. The van der Waals surface area contributed by atoms with Crippen molar-refractivity contribution in [1.29, 1.82) is 0 Å². The van der Waals surface area contributed by atoms with Crippen LogP contribution in [0.2, 0.25) is 0 Å². The predicted molar refractivity (Wildman–Crippen MR) is 101 cm³/mol. The molecule has 0 radical (unpaired) electrons. The third-order valence-corrected chi connectivity index (χ3v) is 4.14. The van der Waals surface area contributed by atoms with E-state index >= 15 is 0 Å². The van der Waals surface area contributed by atoms with Crippen molar-refractivity contribution in [2.45, 2.75) is 0 Å². The fourth-order valence-electron chi connectivity index (χ4n) is 2.76. The number of hydrogen-bond acceptors (Lipinski definition) is 4. The molecule has 0 bridgehead atoms. The number of nitrogens with zero attached hydrogens (tertiary/aromatic N) is 2. The Labute approximate surface area is 157 Å². The summed E-state index contributed by atoms with van der Waals surface area (Å²) < 4.78 is 13.0. The summed E-state index contributed by atoms with van der Waals surface area (Å²) >= 11 is 0. The number of aromatic nitrogens is 3. The van der Waals surface area contributed by atoms with Crippen molar-refractivity contribution in [1.82, 2.24) is 15.0 Å². The van der Waals surface area contributed by atoms with E-state index in [-0.39, 0.29) is 22.8 Å². The summed E-state index contributed by atoms with van der Waals surface area (Å²) in [5.41, 5.74) is 2.43. The molecule has 0 atom stereocenters. The smallest absolute Gasteiger partial charge is 0.337 e. The molecule has 0 aliphatic carbocycles. The van der Waals surface area contributed by atoms with Gasteiger partial charge in [0, 0.05) is 11.8 Å². The van der Waals surface area contributed by atoms with E-state index in [0.29, 0.717) is 16.8 Å².